The van der Waals surface area contributed by atoms with Crippen molar-refractivity contribution in [2.24, 2.45) is 0 Å². The highest BCUT2D eigenvalue weighted by atomic mass is 16.6. The topological polar surface area (TPSA) is 33.3 Å². The lowest BCUT2D eigenvalue weighted by atomic mass is 10.0. The van der Waals surface area contributed by atoms with E-state index in [2.05, 4.69) is 16.7 Å². The lowest BCUT2D eigenvalue weighted by molar-refractivity contribution is -0.0653. The van der Waals surface area contributed by atoms with Crippen LogP contribution in [-0.4, -0.2) is 13.1 Å². The summed E-state index contributed by atoms with van der Waals surface area (Å²) in [5.41, 5.74) is 1.23. The smallest absolute Gasteiger partial charge is 0.248 e. The van der Waals surface area contributed by atoms with Crippen molar-refractivity contribution in [1.29, 1.82) is 0 Å². The summed E-state index contributed by atoms with van der Waals surface area (Å²) in [6.45, 7) is 2.03. The van der Waals surface area contributed by atoms with Gasteiger partial charge in [0.2, 0.25) is 5.85 Å². The Morgan fingerprint density at radius 2 is 1.92 bits per heavy atom. The molecule has 0 aromatic heterocycles. The molecule has 0 bridgehead atoms. The van der Waals surface area contributed by atoms with Gasteiger partial charge in [-0.05, 0) is 18.6 Å². The van der Waals surface area contributed by atoms with E-state index < -0.39 is 0 Å². The molecule has 0 radical (unpaired) electrons. The van der Waals surface area contributed by atoms with Gasteiger partial charge in [-0.1, -0.05) is 12.1 Å². The Kier molecular flexibility index (Phi) is 1.39. The highest BCUT2D eigenvalue weighted by Gasteiger charge is 2.45. The Labute approximate surface area is 77.1 Å². The quantitative estimate of drug-likeness (QED) is 0.612. The van der Waals surface area contributed by atoms with Crippen molar-refractivity contribution >= 4 is 0 Å². The van der Waals surface area contributed by atoms with E-state index in [0.717, 1.165) is 25.3 Å². The number of benzene rings is 1. The van der Waals surface area contributed by atoms with Gasteiger partial charge in [0.25, 0.3) is 0 Å². The fourth-order valence-corrected chi connectivity index (χ4v) is 1.96. The average Bonchev–Trinajstić information content (AvgIpc) is 2.18. The molecule has 1 aromatic rings. The Balaban J connectivity index is 1.97. The van der Waals surface area contributed by atoms with Crippen molar-refractivity contribution in [2.45, 2.75) is 12.3 Å². The van der Waals surface area contributed by atoms with E-state index in [1.165, 1.54) is 5.56 Å². The fraction of sp³-hybridized carbons (Fsp3) is 0.400. The summed E-state index contributed by atoms with van der Waals surface area (Å²) in [6, 6.07) is 8.14. The van der Waals surface area contributed by atoms with Crippen LogP contribution >= 0.6 is 0 Å². The Bertz CT molecular complexity index is 331. The molecule has 1 saturated heterocycles. The number of rotatable bonds is 0. The van der Waals surface area contributed by atoms with Crippen molar-refractivity contribution in [3.05, 3.63) is 29.8 Å². The van der Waals surface area contributed by atoms with Crippen LogP contribution in [0.3, 0.4) is 0 Å². The summed E-state index contributed by atoms with van der Waals surface area (Å²) in [6.07, 6.45) is 1.16. The fourth-order valence-electron chi connectivity index (χ4n) is 1.96. The molecule has 13 heavy (non-hydrogen) atoms. The molecule has 3 nitrogen and oxygen atoms in total. The molecule has 2 heterocycles. The first-order chi connectivity index (χ1) is 6.41. The Morgan fingerprint density at radius 3 is 2.69 bits per heavy atom. The lowest BCUT2D eigenvalue weighted by Gasteiger charge is -2.46. The number of nitrogens with one attached hydrogen (secondary N) is 2. The molecule has 0 unspecified atom stereocenters. The van der Waals surface area contributed by atoms with Crippen molar-refractivity contribution in [2.75, 3.05) is 13.1 Å². The predicted octanol–water partition coefficient (Wildman–Crippen LogP) is 0.772. The summed E-state index contributed by atoms with van der Waals surface area (Å²) in [4.78, 5) is 0. The van der Waals surface area contributed by atoms with Crippen molar-refractivity contribution in [3.8, 4) is 5.75 Å². The molecule has 0 aliphatic carbocycles. The van der Waals surface area contributed by atoms with Gasteiger partial charge in [0.05, 0.1) is 5.56 Å². The lowest BCUT2D eigenvalue weighted by Crippen LogP contribution is -2.66. The first-order valence-electron chi connectivity index (χ1n) is 4.69. The van der Waals surface area contributed by atoms with Gasteiger partial charge < -0.3 is 4.74 Å². The van der Waals surface area contributed by atoms with E-state index in [9.17, 15) is 0 Å². The van der Waals surface area contributed by atoms with E-state index >= 15 is 0 Å². The molecule has 0 amide bonds. The van der Waals surface area contributed by atoms with E-state index in [1.54, 1.807) is 0 Å². The molecule has 0 saturated carbocycles. The van der Waals surface area contributed by atoms with Crippen LogP contribution < -0.4 is 15.4 Å². The molecule has 2 aliphatic rings. The normalized spacial score (nSPS) is 23.1. The summed E-state index contributed by atoms with van der Waals surface area (Å²) in [5, 5.41) is 6.71. The summed E-state index contributed by atoms with van der Waals surface area (Å²) >= 11 is 0. The van der Waals surface area contributed by atoms with Crippen molar-refractivity contribution in [1.82, 2.24) is 10.6 Å². The third-order valence-corrected chi connectivity index (χ3v) is 2.63. The van der Waals surface area contributed by atoms with Crippen LogP contribution in [0.1, 0.15) is 12.0 Å². The van der Waals surface area contributed by atoms with Crippen LogP contribution in [0.2, 0.25) is 0 Å². The standard InChI is InChI=1S/C10H12N2O/c1-2-5-9-8(4-1)10(13-9)11-6-3-7-12-10/h1-2,4-5,11-12H,3,6-7H2. The maximum absolute atomic E-state index is 5.69. The van der Waals surface area contributed by atoms with Crippen molar-refractivity contribution < 1.29 is 4.74 Å². The zero-order valence-electron chi connectivity index (χ0n) is 7.34. The maximum atomic E-state index is 5.69. The molecule has 1 aromatic carbocycles. The third-order valence-electron chi connectivity index (χ3n) is 2.63. The Morgan fingerprint density at radius 1 is 1.15 bits per heavy atom. The number of para-hydroxylation sites is 1. The van der Waals surface area contributed by atoms with Gasteiger partial charge >= 0.3 is 0 Å². The SMILES string of the molecule is c1ccc2c(c1)OC21NCCCN1. The highest BCUT2D eigenvalue weighted by molar-refractivity contribution is 5.45. The molecule has 68 valence electrons. The second-order valence-electron chi connectivity index (χ2n) is 3.49. The molecule has 1 fully saturated rings. The minimum atomic E-state index is -0.366. The van der Waals surface area contributed by atoms with Gasteiger partial charge in [-0.25, -0.2) is 0 Å². The summed E-state index contributed by atoms with van der Waals surface area (Å²) < 4.78 is 5.69. The van der Waals surface area contributed by atoms with Crippen molar-refractivity contribution in [3.63, 3.8) is 0 Å². The first kappa shape index (κ1) is 7.35. The first-order valence-corrected chi connectivity index (χ1v) is 4.69. The number of fused-ring (bicyclic) bond motifs is 2. The second kappa shape index (κ2) is 2.47. The number of ether oxygens (including phenoxy) is 1. The molecule has 0 atom stereocenters. The van der Waals surface area contributed by atoms with E-state index in [1.807, 2.05) is 18.2 Å². The van der Waals surface area contributed by atoms with Crippen LogP contribution in [0.4, 0.5) is 0 Å². The van der Waals surface area contributed by atoms with E-state index in [-0.39, 0.29) is 5.85 Å². The molecule has 3 heteroatoms. The van der Waals surface area contributed by atoms with Crippen LogP contribution in [0.15, 0.2) is 24.3 Å². The van der Waals surface area contributed by atoms with Gasteiger partial charge in [-0.3, -0.25) is 10.6 Å². The minimum absolute atomic E-state index is 0.366. The second-order valence-corrected chi connectivity index (χ2v) is 3.49. The summed E-state index contributed by atoms with van der Waals surface area (Å²) in [5.74, 6) is 0.624. The molecular weight excluding hydrogens is 164 g/mol. The zero-order valence-corrected chi connectivity index (χ0v) is 7.34. The van der Waals surface area contributed by atoms with Crippen LogP contribution in [0.25, 0.3) is 0 Å². The molecule has 1 spiro atoms. The van der Waals surface area contributed by atoms with E-state index in [4.69, 9.17) is 4.74 Å². The monoisotopic (exact) mass is 176 g/mol. The number of hydrogen-bond acceptors (Lipinski definition) is 3. The van der Waals surface area contributed by atoms with E-state index in [0.29, 0.717) is 0 Å². The third kappa shape index (κ3) is 0.913. The largest absolute Gasteiger partial charge is 0.455 e. The van der Waals surface area contributed by atoms with Crippen LogP contribution in [0, 0.1) is 0 Å². The molecule has 2 aliphatic heterocycles. The molecule has 3 rings (SSSR count). The van der Waals surface area contributed by atoms with Crippen LogP contribution in [-0.2, 0) is 5.85 Å². The highest BCUT2D eigenvalue weighted by Crippen LogP contribution is 2.40. The molecular formula is C10H12N2O. The summed E-state index contributed by atoms with van der Waals surface area (Å²) in [7, 11) is 0. The minimum Gasteiger partial charge on any atom is -0.455 e. The maximum Gasteiger partial charge on any atom is 0.248 e. The average molecular weight is 176 g/mol. The number of hydrogen-bond donors (Lipinski definition) is 2. The molecule has 2 N–H and O–H groups in total. The van der Waals surface area contributed by atoms with Gasteiger partial charge in [0, 0.05) is 13.1 Å². The Hall–Kier alpha value is -1.06. The zero-order chi connectivity index (χ0) is 8.73. The van der Waals surface area contributed by atoms with Gasteiger partial charge in [-0.2, -0.15) is 0 Å². The predicted molar refractivity (Wildman–Crippen MR) is 49.4 cm³/mol. The van der Waals surface area contributed by atoms with Gasteiger partial charge in [-0.15, -0.1) is 0 Å². The van der Waals surface area contributed by atoms with Gasteiger partial charge in [0.15, 0.2) is 0 Å². The van der Waals surface area contributed by atoms with Crippen LogP contribution in [0.5, 0.6) is 5.75 Å². The van der Waals surface area contributed by atoms with Gasteiger partial charge in [0.1, 0.15) is 5.75 Å².